The Labute approximate surface area is 145 Å². The first-order valence-corrected chi connectivity index (χ1v) is 10.6. The van der Waals surface area contributed by atoms with Gasteiger partial charge in [-0.2, -0.15) is 0 Å². The molecule has 2 fully saturated rings. The molecule has 1 amide bonds. The first-order valence-electron chi connectivity index (χ1n) is 8.72. The molecule has 2 aliphatic rings. The van der Waals surface area contributed by atoms with Gasteiger partial charge in [-0.1, -0.05) is 19.3 Å². The number of β-amino-alcohol motifs (C(OH)–C–C–N with tert-alkyl or cyclic N) is 1. The van der Waals surface area contributed by atoms with E-state index in [4.69, 9.17) is 0 Å². The fourth-order valence-corrected chi connectivity index (χ4v) is 4.67. The molecular formula is C16H31N3O4S. The SMILES string of the molecule is CN(C)C(=O)C1CN(CC2(O)CCCCC2)CCN(S(C)(=O)=O)C1. The molecule has 7 nitrogen and oxygen atoms in total. The molecule has 8 heteroatoms. The van der Waals surface area contributed by atoms with Crippen LogP contribution in [0.1, 0.15) is 32.1 Å². The van der Waals surface area contributed by atoms with Crippen molar-refractivity contribution in [1.29, 1.82) is 0 Å². The van der Waals surface area contributed by atoms with Gasteiger partial charge in [0.2, 0.25) is 15.9 Å². The van der Waals surface area contributed by atoms with Gasteiger partial charge in [0.1, 0.15) is 0 Å². The Morgan fingerprint density at radius 2 is 1.79 bits per heavy atom. The molecule has 2 rings (SSSR count). The van der Waals surface area contributed by atoms with Crippen molar-refractivity contribution in [3.05, 3.63) is 0 Å². The Morgan fingerprint density at radius 1 is 1.17 bits per heavy atom. The van der Waals surface area contributed by atoms with Crippen LogP contribution < -0.4 is 0 Å². The molecule has 1 saturated carbocycles. The summed E-state index contributed by atoms with van der Waals surface area (Å²) >= 11 is 0. The normalized spacial score (nSPS) is 26.8. The summed E-state index contributed by atoms with van der Waals surface area (Å²) in [4.78, 5) is 16.0. The number of amides is 1. The molecule has 0 aromatic carbocycles. The van der Waals surface area contributed by atoms with E-state index in [-0.39, 0.29) is 12.5 Å². The van der Waals surface area contributed by atoms with Gasteiger partial charge < -0.3 is 10.0 Å². The number of carbonyl (C=O) groups is 1. The molecule has 1 N–H and O–H groups in total. The third-order valence-corrected chi connectivity index (χ3v) is 6.40. The average molecular weight is 362 g/mol. The smallest absolute Gasteiger partial charge is 0.227 e. The molecule has 1 aliphatic heterocycles. The molecular weight excluding hydrogens is 330 g/mol. The monoisotopic (exact) mass is 361 g/mol. The van der Waals surface area contributed by atoms with Crippen LogP contribution in [0.5, 0.6) is 0 Å². The molecule has 1 heterocycles. The van der Waals surface area contributed by atoms with E-state index in [1.165, 1.54) is 15.5 Å². The van der Waals surface area contributed by atoms with E-state index in [0.29, 0.717) is 26.2 Å². The largest absolute Gasteiger partial charge is 0.389 e. The Morgan fingerprint density at radius 3 is 2.33 bits per heavy atom. The number of nitrogens with zero attached hydrogens (tertiary/aromatic N) is 3. The molecule has 1 atom stereocenters. The second-order valence-electron chi connectivity index (χ2n) is 7.57. The minimum atomic E-state index is -3.34. The van der Waals surface area contributed by atoms with E-state index in [9.17, 15) is 18.3 Å². The summed E-state index contributed by atoms with van der Waals surface area (Å²) in [5.74, 6) is -0.462. The lowest BCUT2D eigenvalue weighted by Gasteiger charge is -2.37. The highest BCUT2D eigenvalue weighted by atomic mass is 32.2. The van der Waals surface area contributed by atoms with Crippen LogP contribution in [0.4, 0.5) is 0 Å². The fourth-order valence-electron chi connectivity index (χ4n) is 3.80. The van der Waals surface area contributed by atoms with Crippen LogP contribution in [-0.2, 0) is 14.8 Å². The summed E-state index contributed by atoms with van der Waals surface area (Å²) in [6, 6.07) is 0. The van der Waals surface area contributed by atoms with Crippen LogP contribution in [-0.4, -0.2) is 92.2 Å². The van der Waals surface area contributed by atoms with Crippen LogP contribution in [0.3, 0.4) is 0 Å². The summed E-state index contributed by atoms with van der Waals surface area (Å²) in [5, 5.41) is 10.8. The highest BCUT2D eigenvalue weighted by Gasteiger charge is 2.36. The van der Waals surface area contributed by atoms with Crippen LogP contribution in [0.2, 0.25) is 0 Å². The summed E-state index contributed by atoms with van der Waals surface area (Å²) in [7, 11) is 0.0433. The predicted molar refractivity (Wildman–Crippen MR) is 93.1 cm³/mol. The van der Waals surface area contributed by atoms with Crippen LogP contribution in [0, 0.1) is 5.92 Å². The zero-order valence-corrected chi connectivity index (χ0v) is 15.9. The summed E-state index contributed by atoms with van der Waals surface area (Å²) in [6.45, 7) is 2.14. The zero-order valence-electron chi connectivity index (χ0n) is 15.1. The minimum Gasteiger partial charge on any atom is -0.389 e. The third kappa shape index (κ3) is 5.15. The number of carbonyl (C=O) groups excluding carboxylic acids is 1. The van der Waals surface area contributed by atoms with E-state index >= 15 is 0 Å². The quantitative estimate of drug-likeness (QED) is 0.760. The Balaban J connectivity index is 2.13. The Bertz CT molecular complexity index is 544. The van der Waals surface area contributed by atoms with Crippen molar-refractivity contribution in [2.24, 2.45) is 5.92 Å². The zero-order chi connectivity index (χ0) is 18.0. The molecule has 0 aromatic heterocycles. The van der Waals surface area contributed by atoms with Crippen molar-refractivity contribution in [2.45, 2.75) is 37.7 Å². The van der Waals surface area contributed by atoms with E-state index in [1.54, 1.807) is 14.1 Å². The van der Waals surface area contributed by atoms with Gasteiger partial charge in [-0.05, 0) is 12.8 Å². The second-order valence-corrected chi connectivity index (χ2v) is 9.55. The average Bonchev–Trinajstić information content (AvgIpc) is 2.69. The maximum absolute atomic E-state index is 12.5. The molecule has 24 heavy (non-hydrogen) atoms. The maximum atomic E-state index is 12.5. The van der Waals surface area contributed by atoms with Gasteiger partial charge in [0.25, 0.3) is 0 Å². The lowest BCUT2D eigenvalue weighted by atomic mass is 9.84. The standard InChI is InChI=1S/C16H31N3O4S/c1-17(2)15(20)14-11-18(9-10-19(12-14)24(3,22)23)13-16(21)7-5-4-6-8-16/h14,21H,4-13H2,1-3H3. The number of hydrogen-bond acceptors (Lipinski definition) is 5. The summed E-state index contributed by atoms with van der Waals surface area (Å²) in [5.41, 5.74) is -0.704. The van der Waals surface area contributed by atoms with Gasteiger partial charge in [-0.3, -0.25) is 9.69 Å². The Kier molecular flexibility index (Phi) is 6.28. The van der Waals surface area contributed by atoms with E-state index in [0.717, 1.165) is 32.1 Å². The maximum Gasteiger partial charge on any atom is 0.227 e. The van der Waals surface area contributed by atoms with Crippen molar-refractivity contribution in [3.63, 3.8) is 0 Å². The highest BCUT2D eigenvalue weighted by molar-refractivity contribution is 7.88. The molecule has 1 aliphatic carbocycles. The van der Waals surface area contributed by atoms with E-state index in [2.05, 4.69) is 4.90 Å². The summed E-state index contributed by atoms with van der Waals surface area (Å²) < 4.78 is 25.3. The van der Waals surface area contributed by atoms with E-state index in [1.807, 2.05) is 0 Å². The lowest BCUT2D eigenvalue weighted by molar-refractivity contribution is -0.133. The number of hydrogen-bond donors (Lipinski definition) is 1. The van der Waals surface area contributed by atoms with Gasteiger partial charge in [-0.25, -0.2) is 12.7 Å². The van der Waals surface area contributed by atoms with Crippen molar-refractivity contribution < 1.29 is 18.3 Å². The van der Waals surface area contributed by atoms with Crippen LogP contribution in [0.25, 0.3) is 0 Å². The predicted octanol–water partition coefficient (Wildman–Crippen LogP) is -0.0368. The number of aliphatic hydroxyl groups is 1. The summed E-state index contributed by atoms with van der Waals surface area (Å²) in [6.07, 6.45) is 5.97. The topological polar surface area (TPSA) is 81.2 Å². The van der Waals surface area contributed by atoms with E-state index < -0.39 is 21.5 Å². The third-order valence-electron chi connectivity index (χ3n) is 5.13. The molecule has 140 valence electrons. The van der Waals surface area contributed by atoms with Crippen molar-refractivity contribution in [2.75, 3.05) is 53.1 Å². The number of sulfonamides is 1. The Hall–Kier alpha value is -0.700. The van der Waals surface area contributed by atoms with Crippen molar-refractivity contribution in [1.82, 2.24) is 14.1 Å². The van der Waals surface area contributed by atoms with Gasteiger partial charge in [-0.15, -0.1) is 0 Å². The molecule has 1 saturated heterocycles. The minimum absolute atomic E-state index is 0.0637. The number of rotatable bonds is 4. The van der Waals surface area contributed by atoms with Crippen LogP contribution >= 0.6 is 0 Å². The van der Waals surface area contributed by atoms with Gasteiger partial charge >= 0.3 is 0 Å². The molecule has 0 radical (unpaired) electrons. The second kappa shape index (κ2) is 7.68. The lowest BCUT2D eigenvalue weighted by Crippen LogP contribution is -2.47. The fraction of sp³-hybridized carbons (Fsp3) is 0.938. The molecule has 0 spiro atoms. The first kappa shape index (κ1) is 19.6. The molecule has 0 aromatic rings. The van der Waals surface area contributed by atoms with Crippen LogP contribution in [0.15, 0.2) is 0 Å². The molecule has 1 unspecified atom stereocenters. The first-order chi connectivity index (χ1) is 11.1. The van der Waals surface area contributed by atoms with Gasteiger partial charge in [0.05, 0.1) is 17.8 Å². The molecule has 0 bridgehead atoms. The highest BCUT2D eigenvalue weighted by Crippen LogP contribution is 2.29. The van der Waals surface area contributed by atoms with Gasteiger partial charge in [0.15, 0.2) is 0 Å². The van der Waals surface area contributed by atoms with Crippen molar-refractivity contribution >= 4 is 15.9 Å². The van der Waals surface area contributed by atoms with Crippen molar-refractivity contribution in [3.8, 4) is 0 Å². The van der Waals surface area contributed by atoms with Gasteiger partial charge in [0, 0.05) is 46.8 Å².